The molecule has 0 fully saturated rings. The van der Waals surface area contributed by atoms with E-state index in [-0.39, 0.29) is 5.02 Å². The third kappa shape index (κ3) is 2.54. The van der Waals surface area contributed by atoms with Gasteiger partial charge in [0.1, 0.15) is 5.82 Å². The predicted octanol–water partition coefficient (Wildman–Crippen LogP) is 2.89. The highest BCUT2D eigenvalue weighted by molar-refractivity contribution is 6.30. The zero-order valence-electron chi connectivity index (χ0n) is 9.50. The minimum absolute atomic E-state index is 0.0204. The topological polar surface area (TPSA) is 46.2 Å². The molecular formula is C12H17ClFNO. The summed E-state index contributed by atoms with van der Waals surface area (Å²) in [5, 5.41) is 10.2. The Balaban J connectivity index is 3.04. The highest BCUT2D eigenvalue weighted by Gasteiger charge is 2.31. The van der Waals surface area contributed by atoms with Crippen LogP contribution in [0.1, 0.15) is 31.9 Å². The predicted molar refractivity (Wildman–Crippen MR) is 63.8 cm³/mol. The number of hydrogen-bond donors (Lipinski definition) is 2. The molecule has 0 amide bonds. The van der Waals surface area contributed by atoms with Gasteiger partial charge >= 0.3 is 0 Å². The monoisotopic (exact) mass is 245 g/mol. The summed E-state index contributed by atoms with van der Waals surface area (Å²) in [7, 11) is 0. The van der Waals surface area contributed by atoms with Crippen LogP contribution in [0.3, 0.4) is 0 Å². The molecule has 2 nitrogen and oxygen atoms in total. The second-order valence-electron chi connectivity index (χ2n) is 4.29. The molecule has 90 valence electrons. The zero-order chi connectivity index (χ0) is 12.3. The van der Waals surface area contributed by atoms with Gasteiger partial charge in [0.25, 0.3) is 0 Å². The van der Waals surface area contributed by atoms with Crippen molar-refractivity contribution >= 4 is 11.6 Å². The van der Waals surface area contributed by atoms with Crippen LogP contribution in [0.15, 0.2) is 18.2 Å². The molecule has 1 aromatic rings. The number of benzene rings is 1. The summed E-state index contributed by atoms with van der Waals surface area (Å²) in [6.45, 7) is 4.22. The van der Waals surface area contributed by atoms with Gasteiger partial charge in [0.05, 0.1) is 11.1 Å². The van der Waals surface area contributed by atoms with E-state index in [2.05, 4.69) is 0 Å². The van der Waals surface area contributed by atoms with Crippen molar-refractivity contribution in [1.82, 2.24) is 0 Å². The lowest BCUT2D eigenvalue weighted by atomic mass is 9.78. The maximum atomic E-state index is 13.0. The van der Waals surface area contributed by atoms with E-state index in [1.807, 2.05) is 13.8 Å². The van der Waals surface area contributed by atoms with Gasteiger partial charge in [-0.05, 0) is 24.1 Å². The molecule has 0 bridgehead atoms. The Morgan fingerprint density at radius 3 is 2.62 bits per heavy atom. The Labute approximate surface area is 100 Å². The fourth-order valence-corrected chi connectivity index (χ4v) is 1.72. The lowest BCUT2D eigenvalue weighted by Crippen LogP contribution is -2.33. The van der Waals surface area contributed by atoms with Crippen LogP contribution in [-0.4, -0.2) is 11.7 Å². The molecule has 0 radical (unpaired) electrons. The average molecular weight is 246 g/mol. The summed E-state index contributed by atoms with van der Waals surface area (Å²) in [6.07, 6.45) is 0.000220. The molecule has 2 unspecified atom stereocenters. The molecule has 16 heavy (non-hydrogen) atoms. The molecule has 1 rings (SSSR count). The Bertz CT molecular complexity index is 366. The van der Waals surface area contributed by atoms with Crippen LogP contribution in [0.2, 0.25) is 5.02 Å². The first kappa shape index (κ1) is 13.4. The van der Waals surface area contributed by atoms with Gasteiger partial charge in [-0.2, -0.15) is 0 Å². The molecule has 0 aliphatic carbocycles. The maximum Gasteiger partial charge on any atom is 0.141 e. The first-order valence-electron chi connectivity index (χ1n) is 5.27. The Morgan fingerprint density at radius 2 is 2.19 bits per heavy atom. The maximum absolute atomic E-state index is 13.0. The summed E-state index contributed by atoms with van der Waals surface area (Å²) in [5.74, 6) is -0.483. The van der Waals surface area contributed by atoms with Crippen molar-refractivity contribution in [2.24, 2.45) is 11.1 Å². The van der Waals surface area contributed by atoms with Gasteiger partial charge in [-0.3, -0.25) is 0 Å². The molecule has 0 aliphatic rings. The van der Waals surface area contributed by atoms with Gasteiger partial charge in [-0.1, -0.05) is 31.5 Å². The molecule has 0 heterocycles. The van der Waals surface area contributed by atoms with Gasteiger partial charge in [0.15, 0.2) is 0 Å². The summed E-state index contributed by atoms with van der Waals surface area (Å²) in [6, 6.07) is 4.24. The van der Waals surface area contributed by atoms with Gasteiger partial charge in [0.2, 0.25) is 0 Å². The highest BCUT2D eigenvalue weighted by Crippen LogP contribution is 2.36. The van der Waals surface area contributed by atoms with Gasteiger partial charge in [-0.25, -0.2) is 4.39 Å². The van der Waals surface area contributed by atoms with Crippen LogP contribution in [0, 0.1) is 11.2 Å². The largest absolute Gasteiger partial charge is 0.388 e. The van der Waals surface area contributed by atoms with Crippen molar-refractivity contribution in [2.45, 2.75) is 26.4 Å². The van der Waals surface area contributed by atoms with E-state index in [9.17, 15) is 9.50 Å². The van der Waals surface area contributed by atoms with Crippen molar-refractivity contribution in [3.05, 3.63) is 34.6 Å². The third-order valence-corrected chi connectivity index (χ3v) is 3.48. The van der Waals surface area contributed by atoms with E-state index < -0.39 is 17.3 Å². The fraction of sp³-hybridized carbons (Fsp3) is 0.500. The van der Waals surface area contributed by atoms with E-state index in [4.69, 9.17) is 17.3 Å². The average Bonchev–Trinajstić information content (AvgIpc) is 2.30. The molecule has 1 aromatic carbocycles. The van der Waals surface area contributed by atoms with Crippen LogP contribution < -0.4 is 5.73 Å². The Kier molecular flexibility index (Phi) is 4.30. The Morgan fingerprint density at radius 1 is 1.56 bits per heavy atom. The molecule has 3 N–H and O–H groups in total. The first-order valence-corrected chi connectivity index (χ1v) is 5.65. The van der Waals surface area contributed by atoms with Crippen LogP contribution in [0.25, 0.3) is 0 Å². The number of hydrogen-bond acceptors (Lipinski definition) is 2. The summed E-state index contributed by atoms with van der Waals surface area (Å²) >= 11 is 5.68. The molecule has 0 aromatic heterocycles. The molecule has 0 aliphatic heterocycles. The number of nitrogens with two attached hydrogens (primary N) is 1. The lowest BCUT2D eigenvalue weighted by molar-refractivity contribution is 0.0391. The summed E-state index contributed by atoms with van der Waals surface area (Å²) in [5.41, 5.74) is 5.84. The van der Waals surface area contributed by atoms with E-state index >= 15 is 0 Å². The minimum Gasteiger partial charge on any atom is -0.388 e. The van der Waals surface area contributed by atoms with E-state index in [1.54, 1.807) is 0 Å². The van der Waals surface area contributed by atoms with E-state index in [1.165, 1.54) is 18.2 Å². The second kappa shape index (κ2) is 5.13. The van der Waals surface area contributed by atoms with Crippen LogP contribution >= 0.6 is 11.6 Å². The van der Waals surface area contributed by atoms with Crippen molar-refractivity contribution in [2.75, 3.05) is 6.54 Å². The molecule has 0 saturated heterocycles. The number of aliphatic hydroxyl groups excluding tert-OH is 1. The lowest BCUT2D eigenvalue weighted by Gasteiger charge is -2.32. The molecule has 4 heteroatoms. The van der Waals surface area contributed by atoms with Crippen molar-refractivity contribution in [3.63, 3.8) is 0 Å². The number of aliphatic hydroxyl groups is 1. The Hall–Kier alpha value is -0.640. The molecule has 0 spiro atoms. The van der Waals surface area contributed by atoms with Crippen LogP contribution in [0.5, 0.6) is 0 Å². The first-order chi connectivity index (χ1) is 7.44. The molecule has 2 atom stereocenters. The fourth-order valence-electron chi connectivity index (χ4n) is 1.53. The van der Waals surface area contributed by atoms with Crippen molar-refractivity contribution in [3.8, 4) is 0 Å². The van der Waals surface area contributed by atoms with Crippen LogP contribution in [0.4, 0.5) is 4.39 Å². The quantitative estimate of drug-likeness (QED) is 0.857. The second-order valence-corrected chi connectivity index (χ2v) is 4.69. The van der Waals surface area contributed by atoms with Gasteiger partial charge < -0.3 is 10.8 Å². The number of halogens is 2. The van der Waals surface area contributed by atoms with E-state index in [0.717, 1.165) is 6.42 Å². The van der Waals surface area contributed by atoms with Crippen molar-refractivity contribution < 1.29 is 9.50 Å². The van der Waals surface area contributed by atoms with Crippen LogP contribution in [-0.2, 0) is 0 Å². The van der Waals surface area contributed by atoms with E-state index in [0.29, 0.717) is 12.1 Å². The zero-order valence-corrected chi connectivity index (χ0v) is 10.3. The summed E-state index contributed by atoms with van der Waals surface area (Å²) in [4.78, 5) is 0. The highest BCUT2D eigenvalue weighted by atomic mass is 35.5. The van der Waals surface area contributed by atoms with Gasteiger partial charge in [-0.15, -0.1) is 0 Å². The third-order valence-electron chi connectivity index (χ3n) is 3.19. The summed E-state index contributed by atoms with van der Waals surface area (Å²) < 4.78 is 13.0. The smallest absolute Gasteiger partial charge is 0.141 e. The normalized spacial score (nSPS) is 16.9. The van der Waals surface area contributed by atoms with Gasteiger partial charge in [0, 0.05) is 12.0 Å². The molecular weight excluding hydrogens is 229 g/mol. The molecule has 0 saturated carbocycles. The minimum atomic E-state index is -0.736. The standard InChI is InChI=1S/C12H17ClFNO/c1-3-12(2,7-15)11(16)8-4-5-10(14)9(13)6-8/h4-6,11,16H,3,7,15H2,1-2H3. The SMILES string of the molecule is CCC(C)(CN)C(O)c1ccc(F)c(Cl)c1. The number of rotatable bonds is 4. The van der Waals surface area contributed by atoms with Crippen molar-refractivity contribution in [1.29, 1.82) is 0 Å².